The molecule has 2 heteroatoms. The molecule has 0 spiro atoms. The van der Waals surface area contributed by atoms with Crippen LogP contribution in [0.4, 0.5) is 0 Å². The number of halogens is 1. The number of hydrogen-bond acceptors (Lipinski definition) is 1. The van der Waals surface area contributed by atoms with Crippen LogP contribution in [-0.2, 0) is 6.42 Å². The Hall–Kier alpha value is -2.45. The van der Waals surface area contributed by atoms with Gasteiger partial charge >= 0.3 is 0 Å². The van der Waals surface area contributed by atoms with Crippen LogP contribution < -0.4 is 0 Å². The van der Waals surface area contributed by atoms with Crippen molar-refractivity contribution in [2.24, 2.45) is 0 Å². The normalized spacial score (nSPS) is 13.3. The molecule has 5 rings (SSSR count). The summed E-state index contributed by atoms with van der Waals surface area (Å²) in [5.74, 6) is 0. The molecule has 3 aromatic carbocycles. The second kappa shape index (κ2) is 5.82. The predicted molar refractivity (Wildman–Crippen MR) is 110 cm³/mol. The first-order valence-corrected chi connectivity index (χ1v) is 9.37. The zero-order valence-electron chi connectivity index (χ0n) is 13.7. The van der Waals surface area contributed by atoms with Gasteiger partial charge in [-0.2, -0.15) is 0 Å². The van der Waals surface area contributed by atoms with Gasteiger partial charge in [-0.3, -0.25) is 4.98 Å². The van der Waals surface area contributed by atoms with Gasteiger partial charge in [-0.1, -0.05) is 64.5 Å². The standard InChI is InChI=1S/C23H16BrN/c24-18-11-9-15(10-12-18)23-19-7-3-4-8-21(19)25-22-14-17-6-2-1-5-16(17)13-20(22)23/h1-3,5-7,9-14H,4,8H2. The first-order chi connectivity index (χ1) is 12.3. The maximum atomic E-state index is 5.01. The molecule has 0 saturated carbocycles. The highest BCUT2D eigenvalue weighted by molar-refractivity contribution is 9.10. The van der Waals surface area contributed by atoms with Crippen LogP contribution in [0.2, 0.25) is 0 Å². The third-order valence-corrected chi connectivity index (χ3v) is 5.46. The molecular formula is C23H16BrN. The highest BCUT2D eigenvalue weighted by atomic mass is 79.9. The van der Waals surface area contributed by atoms with Crippen molar-refractivity contribution in [3.8, 4) is 11.1 Å². The summed E-state index contributed by atoms with van der Waals surface area (Å²) >= 11 is 3.55. The molecule has 25 heavy (non-hydrogen) atoms. The van der Waals surface area contributed by atoms with E-state index in [4.69, 9.17) is 4.98 Å². The summed E-state index contributed by atoms with van der Waals surface area (Å²) < 4.78 is 1.10. The Labute approximate surface area is 155 Å². The molecular weight excluding hydrogens is 370 g/mol. The minimum absolute atomic E-state index is 1.01. The Kier molecular flexibility index (Phi) is 3.46. The maximum absolute atomic E-state index is 5.01. The van der Waals surface area contributed by atoms with Crippen molar-refractivity contribution < 1.29 is 0 Å². The quantitative estimate of drug-likeness (QED) is 0.329. The highest BCUT2D eigenvalue weighted by Gasteiger charge is 2.17. The van der Waals surface area contributed by atoms with E-state index in [1.54, 1.807) is 0 Å². The number of pyridine rings is 1. The third kappa shape index (κ3) is 2.49. The van der Waals surface area contributed by atoms with Gasteiger partial charge in [0, 0.05) is 26.7 Å². The van der Waals surface area contributed by atoms with Gasteiger partial charge in [-0.25, -0.2) is 0 Å². The van der Waals surface area contributed by atoms with Gasteiger partial charge in [0.2, 0.25) is 0 Å². The summed E-state index contributed by atoms with van der Waals surface area (Å²) in [6, 6.07) is 21.6. The van der Waals surface area contributed by atoms with E-state index < -0.39 is 0 Å². The summed E-state index contributed by atoms with van der Waals surface area (Å²) in [6.07, 6.45) is 6.59. The average Bonchev–Trinajstić information content (AvgIpc) is 2.65. The van der Waals surface area contributed by atoms with Crippen molar-refractivity contribution in [3.05, 3.63) is 82.5 Å². The molecule has 1 aliphatic rings. The minimum Gasteiger partial charge on any atom is -0.252 e. The molecule has 0 fully saturated rings. The van der Waals surface area contributed by atoms with Crippen LogP contribution in [-0.4, -0.2) is 4.98 Å². The number of hydrogen-bond donors (Lipinski definition) is 0. The van der Waals surface area contributed by atoms with Gasteiger partial charge in [0.25, 0.3) is 0 Å². The lowest BCUT2D eigenvalue weighted by atomic mass is 9.89. The zero-order valence-corrected chi connectivity index (χ0v) is 15.3. The lowest BCUT2D eigenvalue weighted by molar-refractivity contribution is 0.939. The molecule has 4 aromatic rings. The van der Waals surface area contributed by atoms with Crippen LogP contribution in [0, 0.1) is 0 Å². The van der Waals surface area contributed by atoms with Gasteiger partial charge in [0.1, 0.15) is 0 Å². The summed E-state index contributed by atoms with van der Waals surface area (Å²) in [5, 5.41) is 3.73. The summed E-state index contributed by atoms with van der Waals surface area (Å²) in [5.41, 5.74) is 6.12. The monoisotopic (exact) mass is 385 g/mol. The molecule has 0 atom stereocenters. The molecule has 0 saturated heterocycles. The number of allylic oxidation sites excluding steroid dienone is 1. The fraction of sp³-hybridized carbons (Fsp3) is 0.0870. The van der Waals surface area contributed by atoms with E-state index >= 15 is 0 Å². The molecule has 0 unspecified atom stereocenters. The fourth-order valence-corrected chi connectivity index (χ4v) is 4.00. The summed E-state index contributed by atoms with van der Waals surface area (Å²) in [4.78, 5) is 5.01. The van der Waals surface area contributed by atoms with E-state index in [1.165, 1.54) is 38.5 Å². The van der Waals surface area contributed by atoms with E-state index in [0.717, 1.165) is 22.8 Å². The molecule has 1 aliphatic carbocycles. The van der Waals surface area contributed by atoms with Gasteiger partial charge in [-0.15, -0.1) is 0 Å². The largest absolute Gasteiger partial charge is 0.252 e. The van der Waals surface area contributed by atoms with Gasteiger partial charge < -0.3 is 0 Å². The Balaban J connectivity index is 1.93. The van der Waals surface area contributed by atoms with E-state index in [1.807, 2.05) is 0 Å². The van der Waals surface area contributed by atoms with Crippen molar-refractivity contribution in [1.29, 1.82) is 0 Å². The van der Waals surface area contributed by atoms with Crippen LogP contribution in [0.3, 0.4) is 0 Å². The van der Waals surface area contributed by atoms with Crippen LogP contribution >= 0.6 is 15.9 Å². The molecule has 0 radical (unpaired) electrons. The van der Waals surface area contributed by atoms with Crippen molar-refractivity contribution in [2.75, 3.05) is 0 Å². The van der Waals surface area contributed by atoms with Crippen molar-refractivity contribution >= 4 is 43.7 Å². The van der Waals surface area contributed by atoms with Crippen LogP contribution in [0.5, 0.6) is 0 Å². The fourth-order valence-electron chi connectivity index (χ4n) is 3.73. The van der Waals surface area contributed by atoms with E-state index in [2.05, 4.69) is 88.7 Å². The average molecular weight is 386 g/mol. The molecule has 0 bridgehead atoms. The maximum Gasteiger partial charge on any atom is 0.0718 e. The van der Waals surface area contributed by atoms with E-state index in [0.29, 0.717) is 0 Å². The predicted octanol–water partition coefficient (Wildman–Crippen LogP) is 6.78. The highest BCUT2D eigenvalue weighted by Crippen LogP contribution is 2.38. The second-order valence-corrected chi connectivity index (χ2v) is 7.43. The van der Waals surface area contributed by atoms with Gasteiger partial charge in [0.05, 0.1) is 5.52 Å². The second-order valence-electron chi connectivity index (χ2n) is 6.51. The number of fused-ring (bicyclic) bond motifs is 3. The number of rotatable bonds is 1. The Bertz CT molecular complexity index is 1140. The molecule has 0 N–H and O–H groups in total. The van der Waals surface area contributed by atoms with Crippen LogP contribution in [0.25, 0.3) is 38.9 Å². The lowest BCUT2D eigenvalue weighted by Crippen LogP contribution is -2.02. The van der Waals surface area contributed by atoms with E-state index in [-0.39, 0.29) is 0 Å². The van der Waals surface area contributed by atoms with Gasteiger partial charge in [0.15, 0.2) is 0 Å². The topological polar surface area (TPSA) is 12.9 Å². The Morgan fingerprint density at radius 2 is 1.64 bits per heavy atom. The third-order valence-electron chi connectivity index (χ3n) is 4.93. The summed E-state index contributed by atoms with van der Waals surface area (Å²) in [7, 11) is 0. The molecule has 1 heterocycles. The van der Waals surface area contributed by atoms with Crippen LogP contribution in [0.1, 0.15) is 17.7 Å². The Morgan fingerprint density at radius 1 is 0.880 bits per heavy atom. The van der Waals surface area contributed by atoms with E-state index in [9.17, 15) is 0 Å². The Morgan fingerprint density at radius 3 is 2.44 bits per heavy atom. The van der Waals surface area contributed by atoms with Crippen molar-refractivity contribution in [1.82, 2.24) is 4.98 Å². The number of benzene rings is 3. The number of aromatic nitrogens is 1. The van der Waals surface area contributed by atoms with Crippen LogP contribution in [0.15, 0.2) is 71.2 Å². The first kappa shape index (κ1) is 14.9. The molecule has 1 nitrogen and oxygen atoms in total. The molecule has 120 valence electrons. The molecule has 1 aromatic heterocycles. The number of nitrogens with zero attached hydrogens (tertiary/aromatic N) is 1. The number of aryl methyl sites for hydroxylation is 1. The van der Waals surface area contributed by atoms with Crippen molar-refractivity contribution in [3.63, 3.8) is 0 Å². The summed E-state index contributed by atoms with van der Waals surface area (Å²) in [6.45, 7) is 0. The zero-order chi connectivity index (χ0) is 16.8. The first-order valence-electron chi connectivity index (χ1n) is 8.57. The van der Waals surface area contributed by atoms with Crippen molar-refractivity contribution in [2.45, 2.75) is 12.8 Å². The van der Waals surface area contributed by atoms with Gasteiger partial charge in [-0.05, 0) is 53.4 Å². The smallest absolute Gasteiger partial charge is 0.0718 e. The SMILES string of the molecule is Brc1ccc(-c2c3c(nc4cc5ccccc5cc24)CCC=C3)cc1. The lowest BCUT2D eigenvalue weighted by Gasteiger charge is -2.18. The molecule has 0 amide bonds. The molecule has 0 aliphatic heterocycles. The minimum atomic E-state index is 1.01.